The van der Waals surface area contributed by atoms with Crippen LogP contribution in [0.5, 0.6) is 5.75 Å². The molecule has 0 radical (unpaired) electrons. The average molecular weight is 496 g/mol. The normalized spacial score (nSPS) is 11.7. The summed E-state index contributed by atoms with van der Waals surface area (Å²) in [5, 5.41) is 14.5. The predicted molar refractivity (Wildman–Crippen MR) is 147 cm³/mol. The molecule has 2 heterocycles. The largest absolute Gasteiger partial charge is 0.484 e. The quantitative estimate of drug-likeness (QED) is 0.260. The fourth-order valence-corrected chi connectivity index (χ4v) is 3.64. The SMILES string of the molecule is CC(C)(C)NC(=O)COc1cccc(-c2nc(Nc3ccc(/C(C=N)=C/N)cc3)c3ccncc3n2)c1. The highest BCUT2D eigenvalue weighted by Crippen LogP contribution is 2.29. The van der Waals surface area contributed by atoms with E-state index in [0.29, 0.717) is 28.5 Å². The van der Waals surface area contributed by atoms with Crippen molar-refractivity contribution < 1.29 is 9.53 Å². The first kappa shape index (κ1) is 25.3. The van der Waals surface area contributed by atoms with Crippen molar-refractivity contribution in [2.75, 3.05) is 11.9 Å². The number of carbonyl (C=O) groups excluding carboxylic acids is 1. The Morgan fingerprint density at radius 2 is 1.89 bits per heavy atom. The minimum atomic E-state index is -0.331. The number of rotatable bonds is 8. The maximum atomic E-state index is 12.1. The van der Waals surface area contributed by atoms with Gasteiger partial charge in [-0.15, -0.1) is 0 Å². The van der Waals surface area contributed by atoms with Gasteiger partial charge in [-0.2, -0.15) is 0 Å². The Balaban J connectivity index is 1.61. The molecule has 5 N–H and O–H groups in total. The van der Waals surface area contributed by atoms with Crippen molar-refractivity contribution in [3.8, 4) is 17.1 Å². The fraction of sp³-hybridized carbons (Fsp3) is 0.179. The number of fused-ring (bicyclic) bond motifs is 1. The fourth-order valence-electron chi connectivity index (χ4n) is 3.64. The molecule has 0 saturated carbocycles. The average Bonchev–Trinajstić information content (AvgIpc) is 2.88. The van der Waals surface area contributed by atoms with Gasteiger partial charge in [0.1, 0.15) is 11.6 Å². The van der Waals surface area contributed by atoms with Crippen LogP contribution in [-0.4, -0.2) is 39.2 Å². The number of benzene rings is 2. The monoisotopic (exact) mass is 495 g/mol. The number of hydrogen-bond acceptors (Lipinski definition) is 8. The Kier molecular flexibility index (Phi) is 7.43. The number of hydrogen-bond donors (Lipinski definition) is 4. The first-order valence-corrected chi connectivity index (χ1v) is 11.7. The van der Waals surface area contributed by atoms with Crippen molar-refractivity contribution in [1.82, 2.24) is 20.3 Å². The zero-order valence-electron chi connectivity index (χ0n) is 20.9. The van der Waals surface area contributed by atoms with E-state index in [1.807, 2.05) is 63.2 Å². The van der Waals surface area contributed by atoms with E-state index in [2.05, 4.69) is 15.6 Å². The number of amides is 1. The number of nitrogens with one attached hydrogen (secondary N) is 3. The first-order chi connectivity index (χ1) is 17.8. The molecule has 2 aromatic heterocycles. The van der Waals surface area contributed by atoms with Gasteiger partial charge in [0, 0.05) is 46.4 Å². The van der Waals surface area contributed by atoms with E-state index < -0.39 is 0 Å². The van der Waals surface area contributed by atoms with Gasteiger partial charge in [-0.25, -0.2) is 9.97 Å². The number of allylic oxidation sites excluding steroid dienone is 1. The van der Waals surface area contributed by atoms with E-state index >= 15 is 0 Å². The van der Waals surface area contributed by atoms with Gasteiger partial charge in [-0.05, 0) is 56.7 Å². The summed E-state index contributed by atoms with van der Waals surface area (Å²) in [5.41, 5.74) is 8.97. The standard InChI is InChI=1S/C28H29N7O2/c1-28(2,3)35-25(36)17-37-22-6-4-5-19(13-22)26-33-24-16-31-12-11-23(24)27(34-26)32-21-9-7-18(8-10-21)20(14-29)15-30/h4-16,29H,17,30H2,1-3H3,(H,35,36)(H,32,33,34)/b20-15+,29-14?. The Morgan fingerprint density at radius 3 is 2.59 bits per heavy atom. The maximum absolute atomic E-state index is 12.1. The van der Waals surface area contributed by atoms with Crippen LogP contribution in [0.1, 0.15) is 26.3 Å². The number of nitrogens with zero attached hydrogens (tertiary/aromatic N) is 3. The summed E-state index contributed by atoms with van der Waals surface area (Å²) in [4.78, 5) is 25.8. The van der Waals surface area contributed by atoms with E-state index in [9.17, 15) is 4.79 Å². The lowest BCUT2D eigenvalue weighted by Gasteiger charge is -2.20. The minimum Gasteiger partial charge on any atom is -0.484 e. The van der Waals surface area contributed by atoms with Crippen LogP contribution in [0.25, 0.3) is 27.9 Å². The van der Waals surface area contributed by atoms with Gasteiger partial charge in [0.25, 0.3) is 5.91 Å². The van der Waals surface area contributed by atoms with Crippen molar-refractivity contribution in [1.29, 1.82) is 5.41 Å². The second-order valence-electron chi connectivity index (χ2n) is 9.37. The van der Waals surface area contributed by atoms with Gasteiger partial charge < -0.3 is 26.5 Å². The number of anilines is 2. The molecule has 0 spiro atoms. The summed E-state index contributed by atoms with van der Waals surface area (Å²) >= 11 is 0. The Bertz CT molecular complexity index is 1460. The van der Waals surface area contributed by atoms with Crippen LogP contribution >= 0.6 is 0 Å². The maximum Gasteiger partial charge on any atom is 0.258 e. The molecule has 9 heteroatoms. The lowest BCUT2D eigenvalue weighted by molar-refractivity contribution is -0.124. The second kappa shape index (κ2) is 10.9. The van der Waals surface area contributed by atoms with Crippen LogP contribution in [0.15, 0.2) is 73.2 Å². The lowest BCUT2D eigenvalue weighted by atomic mass is 10.1. The molecule has 0 aliphatic carbocycles. The number of ether oxygens (including phenoxy) is 1. The minimum absolute atomic E-state index is 0.0922. The van der Waals surface area contributed by atoms with E-state index in [-0.39, 0.29) is 18.1 Å². The molecule has 4 aromatic rings. The topological polar surface area (TPSA) is 139 Å². The van der Waals surface area contributed by atoms with Gasteiger partial charge in [0.2, 0.25) is 0 Å². The van der Waals surface area contributed by atoms with E-state index in [4.69, 9.17) is 25.8 Å². The summed E-state index contributed by atoms with van der Waals surface area (Å²) in [7, 11) is 0. The Labute approximate surface area is 215 Å². The third-order valence-corrected chi connectivity index (χ3v) is 5.29. The first-order valence-electron chi connectivity index (χ1n) is 11.7. The molecule has 0 unspecified atom stereocenters. The van der Waals surface area contributed by atoms with E-state index in [1.165, 1.54) is 12.4 Å². The molecular weight excluding hydrogens is 466 g/mol. The molecule has 0 bridgehead atoms. The molecule has 0 saturated heterocycles. The third kappa shape index (κ3) is 6.46. The molecule has 1 amide bonds. The molecule has 188 valence electrons. The number of carbonyl (C=O) groups is 1. The number of nitrogens with two attached hydrogens (primary N) is 1. The molecule has 0 fully saturated rings. The van der Waals surface area contributed by atoms with Crippen LogP contribution in [0.4, 0.5) is 11.5 Å². The van der Waals surface area contributed by atoms with Crippen molar-refractivity contribution >= 4 is 40.1 Å². The van der Waals surface area contributed by atoms with Crippen LogP contribution in [0.2, 0.25) is 0 Å². The van der Waals surface area contributed by atoms with Gasteiger partial charge in [-0.1, -0.05) is 24.3 Å². The van der Waals surface area contributed by atoms with Gasteiger partial charge >= 0.3 is 0 Å². The van der Waals surface area contributed by atoms with E-state index in [1.54, 1.807) is 24.5 Å². The van der Waals surface area contributed by atoms with Gasteiger partial charge in [0.15, 0.2) is 12.4 Å². The summed E-state index contributed by atoms with van der Waals surface area (Å²) in [6.07, 6.45) is 6.00. The Hall–Kier alpha value is -4.79. The van der Waals surface area contributed by atoms with Crippen LogP contribution in [0.3, 0.4) is 0 Å². The van der Waals surface area contributed by atoms with Crippen molar-refractivity contribution in [2.45, 2.75) is 26.3 Å². The molecule has 0 atom stereocenters. The molecule has 0 aliphatic heterocycles. The van der Waals surface area contributed by atoms with E-state index in [0.717, 1.165) is 22.2 Å². The highest BCUT2D eigenvalue weighted by molar-refractivity contribution is 6.08. The second-order valence-corrected chi connectivity index (χ2v) is 9.37. The number of aromatic nitrogens is 3. The summed E-state index contributed by atoms with van der Waals surface area (Å²) in [6, 6.07) is 16.7. The molecule has 37 heavy (non-hydrogen) atoms. The molecular formula is C28H29N7O2. The summed E-state index contributed by atoms with van der Waals surface area (Å²) in [6.45, 7) is 5.66. The van der Waals surface area contributed by atoms with Gasteiger partial charge in [-0.3, -0.25) is 9.78 Å². The lowest BCUT2D eigenvalue weighted by Crippen LogP contribution is -2.43. The third-order valence-electron chi connectivity index (χ3n) is 5.29. The summed E-state index contributed by atoms with van der Waals surface area (Å²) < 4.78 is 5.71. The summed E-state index contributed by atoms with van der Waals surface area (Å²) in [5.74, 6) is 1.45. The van der Waals surface area contributed by atoms with Crippen molar-refractivity contribution in [3.05, 3.63) is 78.8 Å². The van der Waals surface area contributed by atoms with Crippen LogP contribution < -0.4 is 21.1 Å². The predicted octanol–water partition coefficient (Wildman–Crippen LogP) is 4.68. The highest BCUT2D eigenvalue weighted by Gasteiger charge is 2.15. The number of pyridine rings is 1. The molecule has 2 aromatic carbocycles. The highest BCUT2D eigenvalue weighted by atomic mass is 16.5. The van der Waals surface area contributed by atoms with Crippen LogP contribution in [-0.2, 0) is 4.79 Å². The zero-order chi connectivity index (χ0) is 26.4. The molecule has 9 nitrogen and oxygen atoms in total. The van der Waals surface area contributed by atoms with Crippen LogP contribution in [0, 0.1) is 5.41 Å². The van der Waals surface area contributed by atoms with Gasteiger partial charge in [0.05, 0.1) is 11.7 Å². The molecule has 4 rings (SSSR count). The zero-order valence-corrected chi connectivity index (χ0v) is 20.9. The van der Waals surface area contributed by atoms with Crippen molar-refractivity contribution in [2.24, 2.45) is 5.73 Å². The molecule has 0 aliphatic rings. The van der Waals surface area contributed by atoms with Crippen molar-refractivity contribution in [3.63, 3.8) is 0 Å². The Morgan fingerprint density at radius 1 is 1.11 bits per heavy atom. The smallest absolute Gasteiger partial charge is 0.258 e.